The predicted molar refractivity (Wildman–Crippen MR) is 95.2 cm³/mol. The number of carbonyl (C=O) groups excluding carboxylic acids is 2. The Balaban J connectivity index is 2.70. The fraction of sp³-hybridized carbons (Fsp3) is 0.294. The number of esters is 1. The van der Waals surface area contributed by atoms with Gasteiger partial charge in [0, 0.05) is 17.6 Å². The smallest absolute Gasteiger partial charge is 0.329 e. The summed E-state index contributed by atoms with van der Waals surface area (Å²) in [5.41, 5.74) is 0.676. The van der Waals surface area contributed by atoms with Crippen molar-refractivity contribution in [3.63, 3.8) is 0 Å². The topological polar surface area (TPSA) is 84.9 Å². The summed E-state index contributed by atoms with van der Waals surface area (Å²) in [6.45, 7) is 3.60. The standard InChI is InChI=1S/C17H21NO5S/c1-4-9-24-11-13(17(21)23-3)18-16(20)8-6-12-5-7-14(19)15(10-12)22-2/h4-8,10,13,19H,1,9,11H2,2-3H3,(H,18,20)/b8-6+/t13-/m0/s1. The van der Waals surface area contributed by atoms with Crippen molar-refractivity contribution in [1.29, 1.82) is 0 Å². The highest BCUT2D eigenvalue weighted by atomic mass is 32.2. The molecule has 0 aliphatic rings. The third kappa shape index (κ3) is 6.37. The zero-order chi connectivity index (χ0) is 17.9. The van der Waals surface area contributed by atoms with Crippen LogP contribution in [0.15, 0.2) is 36.9 Å². The van der Waals surface area contributed by atoms with Crippen molar-refractivity contribution in [2.24, 2.45) is 0 Å². The van der Waals surface area contributed by atoms with Crippen molar-refractivity contribution < 1.29 is 24.2 Å². The summed E-state index contributed by atoms with van der Waals surface area (Å²) in [5, 5.41) is 12.1. The first-order valence-corrected chi connectivity index (χ1v) is 8.29. The summed E-state index contributed by atoms with van der Waals surface area (Å²) < 4.78 is 9.69. The van der Waals surface area contributed by atoms with Crippen molar-refractivity contribution in [3.05, 3.63) is 42.5 Å². The van der Waals surface area contributed by atoms with E-state index in [-0.39, 0.29) is 5.75 Å². The molecule has 0 aliphatic carbocycles. The maximum Gasteiger partial charge on any atom is 0.329 e. The molecule has 1 rings (SSSR count). The maximum absolute atomic E-state index is 12.0. The summed E-state index contributed by atoms with van der Waals surface area (Å²) in [5.74, 6) is 0.476. The molecule has 0 saturated heterocycles. The van der Waals surface area contributed by atoms with Crippen LogP contribution in [0.3, 0.4) is 0 Å². The number of hydrogen-bond donors (Lipinski definition) is 2. The lowest BCUT2D eigenvalue weighted by Gasteiger charge is -2.14. The van der Waals surface area contributed by atoms with Gasteiger partial charge in [0.05, 0.1) is 14.2 Å². The molecule has 2 N–H and O–H groups in total. The molecule has 0 aromatic heterocycles. The lowest BCUT2D eigenvalue weighted by atomic mass is 10.2. The molecule has 130 valence electrons. The van der Waals surface area contributed by atoms with E-state index in [0.717, 1.165) is 0 Å². The molecule has 0 bridgehead atoms. The van der Waals surface area contributed by atoms with E-state index in [0.29, 0.717) is 22.8 Å². The summed E-state index contributed by atoms with van der Waals surface area (Å²) >= 11 is 1.47. The summed E-state index contributed by atoms with van der Waals surface area (Å²) in [6.07, 6.45) is 4.58. The summed E-state index contributed by atoms with van der Waals surface area (Å²) in [4.78, 5) is 23.7. The van der Waals surface area contributed by atoms with Crippen LogP contribution in [-0.2, 0) is 14.3 Å². The second-order valence-corrected chi connectivity index (χ2v) is 5.75. The largest absolute Gasteiger partial charge is 0.504 e. The van der Waals surface area contributed by atoms with Crippen molar-refractivity contribution in [2.75, 3.05) is 25.7 Å². The van der Waals surface area contributed by atoms with Crippen LogP contribution in [0.4, 0.5) is 0 Å². The number of ether oxygens (including phenoxy) is 2. The monoisotopic (exact) mass is 351 g/mol. The zero-order valence-electron chi connectivity index (χ0n) is 13.7. The number of phenols is 1. The van der Waals surface area contributed by atoms with Gasteiger partial charge < -0.3 is 19.9 Å². The highest BCUT2D eigenvalue weighted by Gasteiger charge is 2.20. The molecule has 6 nitrogen and oxygen atoms in total. The molecule has 24 heavy (non-hydrogen) atoms. The fourth-order valence-corrected chi connectivity index (χ4v) is 2.53. The van der Waals surface area contributed by atoms with Crippen LogP contribution in [0, 0.1) is 0 Å². The van der Waals surface area contributed by atoms with Crippen LogP contribution in [0.5, 0.6) is 11.5 Å². The molecule has 1 aromatic carbocycles. The predicted octanol–water partition coefficient (Wildman–Crippen LogP) is 1.99. The Bertz CT molecular complexity index is 615. The van der Waals surface area contributed by atoms with Gasteiger partial charge in [0.15, 0.2) is 11.5 Å². The number of amides is 1. The van der Waals surface area contributed by atoms with E-state index in [2.05, 4.69) is 16.6 Å². The molecule has 0 aliphatic heterocycles. The minimum atomic E-state index is -0.730. The van der Waals surface area contributed by atoms with E-state index in [1.54, 1.807) is 24.3 Å². The first-order valence-electron chi connectivity index (χ1n) is 7.13. The average Bonchev–Trinajstić information content (AvgIpc) is 2.59. The van der Waals surface area contributed by atoms with Gasteiger partial charge in [0.2, 0.25) is 5.91 Å². The number of methoxy groups -OCH3 is 2. The molecule has 1 atom stereocenters. The quantitative estimate of drug-likeness (QED) is 0.306. The molecule has 7 heteroatoms. The Labute approximate surface area is 145 Å². The Morgan fingerprint density at radius 3 is 2.79 bits per heavy atom. The number of aromatic hydroxyl groups is 1. The van der Waals surface area contributed by atoms with Crippen LogP contribution in [0.2, 0.25) is 0 Å². The van der Waals surface area contributed by atoms with E-state index in [1.807, 2.05) is 0 Å². The fourth-order valence-electron chi connectivity index (χ4n) is 1.77. The highest BCUT2D eigenvalue weighted by Crippen LogP contribution is 2.26. The average molecular weight is 351 g/mol. The number of hydrogen-bond acceptors (Lipinski definition) is 6. The number of rotatable bonds is 9. The second-order valence-electron chi connectivity index (χ2n) is 4.68. The van der Waals surface area contributed by atoms with E-state index in [4.69, 9.17) is 4.74 Å². The molecule has 0 saturated carbocycles. The van der Waals surface area contributed by atoms with Gasteiger partial charge in [-0.1, -0.05) is 12.1 Å². The van der Waals surface area contributed by atoms with Gasteiger partial charge in [-0.25, -0.2) is 4.79 Å². The van der Waals surface area contributed by atoms with Crippen molar-refractivity contribution in [1.82, 2.24) is 5.32 Å². The lowest BCUT2D eigenvalue weighted by molar-refractivity contribution is -0.143. The summed E-state index contributed by atoms with van der Waals surface area (Å²) in [7, 11) is 2.72. The van der Waals surface area contributed by atoms with Gasteiger partial charge in [-0.2, -0.15) is 11.8 Å². The Morgan fingerprint density at radius 2 is 2.17 bits per heavy atom. The zero-order valence-corrected chi connectivity index (χ0v) is 14.5. The van der Waals surface area contributed by atoms with E-state index in [9.17, 15) is 14.7 Å². The molecule has 0 unspecified atom stereocenters. The van der Waals surface area contributed by atoms with Gasteiger partial charge in [-0.3, -0.25) is 4.79 Å². The van der Waals surface area contributed by atoms with Crippen molar-refractivity contribution in [2.45, 2.75) is 6.04 Å². The number of nitrogens with one attached hydrogen (secondary N) is 1. The molecular formula is C17H21NO5S. The second kappa shape index (κ2) is 10.4. The minimum Gasteiger partial charge on any atom is -0.504 e. The molecule has 0 heterocycles. The van der Waals surface area contributed by atoms with Crippen molar-refractivity contribution >= 4 is 29.7 Å². The van der Waals surface area contributed by atoms with Gasteiger partial charge in [0.25, 0.3) is 0 Å². The van der Waals surface area contributed by atoms with Crippen molar-refractivity contribution in [3.8, 4) is 11.5 Å². The number of benzene rings is 1. The third-order valence-corrected chi connectivity index (χ3v) is 3.99. The van der Waals surface area contributed by atoms with Crippen LogP contribution in [0.1, 0.15) is 5.56 Å². The number of thioether (sulfide) groups is 1. The maximum atomic E-state index is 12.0. The SMILES string of the molecule is C=CCSC[C@H](NC(=O)/C=C/c1ccc(O)c(OC)c1)C(=O)OC. The Kier molecular flexibility index (Phi) is 8.49. The molecular weight excluding hydrogens is 330 g/mol. The first kappa shape index (κ1) is 19.6. The van der Waals surface area contributed by atoms with Crippen LogP contribution in [0.25, 0.3) is 6.08 Å². The first-order chi connectivity index (χ1) is 11.5. The van der Waals surface area contributed by atoms with Crippen LogP contribution < -0.4 is 10.1 Å². The third-order valence-electron chi connectivity index (χ3n) is 2.95. The molecule has 1 amide bonds. The van der Waals surface area contributed by atoms with Crippen LogP contribution in [-0.4, -0.2) is 48.8 Å². The van der Waals surface area contributed by atoms with E-state index in [1.165, 1.54) is 38.1 Å². The molecule has 1 aromatic rings. The molecule has 0 radical (unpaired) electrons. The summed E-state index contributed by atoms with van der Waals surface area (Å²) in [6, 6.07) is 3.97. The van der Waals surface area contributed by atoms with E-state index < -0.39 is 17.9 Å². The molecule has 0 spiro atoms. The number of carbonyl (C=O) groups is 2. The van der Waals surface area contributed by atoms with E-state index >= 15 is 0 Å². The highest BCUT2D eigenvalue weighted by molar-refractivity contribution is 7.99. The lowest BCUT2D eigenvalue weighted by Crippen LogP contribution is -2.42. The molecule has 0 fully saturated rings. The Morgan fingerprint density at radius 1 is 1.42 bits per heavy atom. The van der Waals surface area contributed by atoms with Gasteiger partial charge in [-0.05, 0) is 23.8 Å². The normalized spacial score (nSPS) is 11.8. The van der Waals surface area contributed by atoms with Gasteiger partial charge in [-0.15, -0.1) is 6.58 Å². The number of phenolic OH excluding ortho intramolecular Hbond substituents is 1. The van der Waals surface area contributed by atoms with Gasteiger partial charge >= 0.3 is 5.97 Å². The minimum absolute atomic E-state index is 0.0177. The Hall–Kier alpha value is -2.41. The van der Waals surface area contributed by atoms with Crippen LogP contribution >= 0.6 is 11.8 Å². The van der Waals surface area contributed by atoms with Gasteiger partial charge in [0.1, 0.15) is 6.04 Å².